The number of benzene rings is 2. The zero-order chi connectivity index (χ0) is 19.5. The van der Waals surface area contributed by atoms with Gasteiger partial charge in [0, 0.05) is 29.6 Å². The third-order valence-corrected chi connectivity index (χ3v) is 6.13. The van der Waals surface area contributed by atoms with Crippen molar-refractivity contribution < 1.29 is 4.79 Å². The number of amides is 1. The van der Waals surface area contributed by atoms with E-state index in [4.69, 9.17) is 11.6 Å². The smallest absolute Gasteiger partial charge is 0.225 e. The van der Waals surface area contributed by atoms with Crippen LogP contribution in [0.3, 0.4) is 0 Å². The SMILES string of the molecule is CSc1ccc(CNC(=O)[C@@H]2CCCN(c3nc4ccc(Cl)cc4[nH]3)C2)cc1. The van der Waals surface area contributed by atoms with E-state index in [9.17, 15) is 4.79 Å². The maximum absolute atomic E-state index is 12.7. The lowest BCUT2D eigenvalue weighted by molar-refractivity contribution is -0.125. The Morgan fingerprint density at radius 1 is 1.32 bits per heavy atom. The summed E-state index contributed by atoms with van der Waals surface area (Å²) in [6.45, 7) is 2.13. The summed E-state index contributed by atoms with van der Waals surface area (Å²) >= 11 is 7.78. The van der Waals surface area contributed by atoms with Crippen molar-refractivity contribution in [2.75, 3.05) is 24.2 Å². The average molecular weight is 415 g/mol. The van der Waals surface area contributed by atoms with Crippen LogP contribution in [0, 0.1) is 5.92 Å². The lowest BCUT2D eigenvalue weighted by atomic mass is 9.97. The number of nitrogens with zero attached hydrogens (tertiary/aromatic N) is 2. The van der Waals surface area contributed by atoms with Crippen molar-refractivity contribution in [1.29, 1.82) is 0 Å². The van der Waals surface area contributed by atoms with Crippen LogP contribution in [-0.2, 0) is 11.3 Å². The van der Waals surface area contributed by atoms with Crippen LogP contribution >= 0.6 is 23.4 Å². The van der Waals surface area contributed by atoms with Crippen molar-refractivity contribution in [2.45, 2.75) is 24.3 Å². The Hall–Kier alpha value is -2.18. The molecule has 146 valence electrons. The molecular formula is C21H23ClN4OS. The van der Waals surface area contributed by atoms with Gasteiger partial charge >= 0.3 is 0 Å². The number of hydrogen-bond acceptors (Lipinski definition) is 4. The van der Waals surface area contributed by atoms with Gasteiger partial charge in [-0.15, -0.1) is 11.8 Å². The molecule has 3 aromatic rings. The number of carbonyl (C=O) groups excluding carboxylic acids is 1. The number of halogens is 1. The summed E-state index contributed by atoms with van der Waals surface area (Å²) in [6, 6.07) is 13.9. The predicted octanol–water partition coefficient (Wildman–Crippen LogP) is 4.47. The number of imidazole rings is 1. The molecule has 2 aromatic carbocycles. The zero-order valence-corrected chi connectivity index (χ0v) is 17.3. The molecule has 1 fully saturated rings. The zero-order valence-electron chi connectivity index (χ0n) is 15.7. The molecule has 0 radical (unpaired) electrons. The summed E-state index contributed by atoms with van der Waals surface area (Å²) in [4.78, 5) is 24.1. The molecule has 5 nitrogen and oxygen atoms in total. The molecular weight excluding hydrogens is 392 g/mol. The number of nitrogens with one attached hydrogen (secondary N) is 2. The number of fused-ring (bicyclic) bond motifs is 1. The van der Waals surface area contributed by atoms with Crippen LogP contribution in [-0.4, -0.2) is 35.2 Å². The van der Waals surface area contributed by atoms with Crippen LogP contribution in [0.15, 0.2) is 47.4 Å². The van der Waals surface area contributed by atoms with Crippen LogP contribution in [0.4, 0.5) is 5.95 Å². The van der Waals surface area contributed by atoms with Crippen molar-refractivity contribution in [2.24, 2.45) is 5.92 Å². The standard InChI is InChI=1S/C21H23ClN4OS/c1-28-17-7-4-14(5-8-17)12-23-20(27)15-3-2-10-26(13-15)21-24-18-9-6-16(22)11-19(18)25-21/h4-9,11,15H,2-3,10,12-13H2,1H3,(H,23,27)(H,24,25)/t15-/m1/s1. The van der Waals surface area contributed by atoms with Gasteiger partial charge in [-0.05, 0) is 55.0 Å². The number of rotatable bonds is 5. The van der Waals surface area contributed by atoms with Crippen LogP contribution in [0.5, 0.6) is 0 Å². The molecule has 1 amide bonds. The Kier molecular flexibility index (Phi) is 5.78. The molecule has 1 aliphatic heterocycles. The third kappa shape index (κ3) is 4.28. The molecule has 0 saturated carbocycles. The monoisotopic (exact) mass is 414 g/mol. The normalized spacial score (nSPS) is 17.1. The molecule has 1 saturated heterocycles. The van der Waals surface area contributed by atoms with E-state index in [1.807, 2.05) is 18.2 Å². The lowest BCUT2D eigenvalue weighted by Gasteiger charge is -2.31. The van der Waals surface area contributed by atoms with Crippen molar-refractivity contribution in [3.8, 4) is 0 Å². The molecule has 2 heterocycles. The second-order valence-electron chi connectivity index (χ2n) is 7.07. The van der Waals surface area contributed by atoms with Crippen LogP contribution in [0.2, 0.25) is 5.02 Å². The van der Waals surface area contributed by atoms with Gasteiger partial charge in [0.1, 0.15) is 0 Å². The largest absolute Gasteiger partial charge is 0.352 e. The number of piperidine rings is 1. The highest BCUT2D eigenvalue weighted by molar-refractivity contribution is 7.98. The van der Waals surface area contributed by atoms with Crippen LogP contribution in [0.1, 0.15) is 18.4 Å². The minimum absolute atomic E-state index is 0.0315. The number of thioether (sulfide) groups is 1. The van der Waals surface area contributed by atoms with E-state index in [1.165, 1.54) is 4.90 Å². The minimum Gasteiger partial charge on any atom is -0.352 e. The van der Waals surface area contributed by atoms with Gasteiger partial charge in [-0.1, -0.05) is 23.7 Å². The maximum atomic E-state index is 12.7. The summed E-state index contributed by atoms with van der Waals surface area (Å²) in [6.07, 6.45) is 3.93. The Balaban J connectivity index is 1.38. The fourth-order valence-corrected chi connectivity index (χ4v) is 4.16. The quantitative estimate of drug-likeness (QED) is 0.604. The fourth-order valence-electron chi connectivity index (χ4n) is 3.58. The summed E-state index contributed by atoms with van der Waals surface area (Å²) in [5.74, 6) is 0.885. The molecule has 1 aromatic heterocycles. The third-order valence-electron chi connectivity index (χ3n) is 5.15. The molecule has 4 rings (SSSR count). The molecule has 0 bridgehead atoms. The van der Waals surface area contributed by atoms with E-state index in [1.54, 1.807) is 11.8 Å². The molecule has 0 aliphatic carbocycles. The van der Waals surface area contributed by atoms with Crippen molar-refractivity contribution >= 4 is 46.3 Å². The summed E-state index contributed by atoms with van der Waals surface area (Å²) in [7, 11) is 0. The molecule has 0 spiro atoms. The van der Waals surface area contributed by atoms with E-state index < -0.39 is 0 Å². The average Bonchev–Trinajstić information content (AvgIpc) is 3.15. The predicted molar refractivity (Wildman–Crippen MR) is 116 cm³/mol. The summed E-state index contributed by atoms with van der Waals surface area (Å²) < 4.78 is 0. The molecule has 1 atom stereocenters. The highest BCUT2D eigenvalue weighted by Crippen LogP contribution is 2.25. The first-order valence-corrected chi connectivity index (χ1v) is 11.0. The molecule has 7 heteroatoms. The summed E-state index contributed by atoms with van der Waals surface area (Å²) in [5, 5.41) is 3.78. The second-order valence-corrected chi connectivity index (χ2v) is 8.39. The number of aromatic amines is 1. The van der Waals surface area contributed by atoms with E-state index in [2.05, 4.69) is 50.7 Å². The number of anilines is 1. The molecule has 28 heavy (non-hydrogen) atoms. The van der Waals surface area contributed by atoms with E-state index >= 15 is 0 Å². The number of aromatic nitrogens is 2. The Morgan fingerprint density at radius 3 is 2.93 bits per heavy atom. The van der Waals surface area contributed by atoms with E-state index in [0.717, 1.165) is 41.9 Å². The first-order valence-electron chi connectivity index (χ1n) is 9.43. The number of carbonyl (C=O) groups is 1. The Bertz CT molecular complexity index is 972. The topological polar surface area (TPSA) is 61.0 Å². The van der Waals surface area contributed by atoms with E-state index in [0.29, 0.717) is 18.1 Å². The second kappa shape index (κ2) is 8.45. The summed E-state index contributed by atoms with van der Waals surface area (Å²) in [5.41, 5.74) is 2.93. The van der Waals surface area contributed by atoms with Crippen LogP contribution in [0.25, 0.3) is 11.0 Å². The van der Waals surface area contributed by atoms with Gasteiger partial charge in [-0.25, -0.2) is 4.98 Å². The molecule has 1 aliphatic rings. The lowest BCUT2D eigenvalue weighted by Crippen LogP contribution is -2.43. The van der Waals surface area contributed by atoms with Gasteiger partial charge in [0.25, 0.3) is 0 Å². The van der Waals surface area contributed by atoms with Gasteiger partial charge in [0.15, 0.2) is 0 Å². The van der Waals surface area contributed by atoms with Gasteiger partial charge in [0.2, 0.25) is 11.9 Å². The number of hydrogen-bond donors (Lipinski definition) is 2. The van der Waals surface area contributed by atoms with Crippen molar-refractivity contribution in [1.82, 2.24) is 15.3 Å². The number of H-pyrrole nitrogens is 1. The molecule has 2 N–H and O–H groups in total. The fraction of sp³-hybridized carbons (Fsp3) is 0.333. The van der Waals surface area contributed by atoms with Gasteiger partial charge < -0.3 is 15.2 Å². The minimum atomic E-state index is -0.0315. The van der Waals surface area contributed by atoms with Gasteiger partial charge in [0.05, 0.1) is 17.0 Å². The van der Waals surface area contributed by atoms with Gasteiger partial charge in [-0.3, -0.25) is 4.79 Å². The Morgan fingerprint density at radius 2 is 2.14 bits per heavy atom. The highest BCUT2D eigenvalue weighted by atomic mass is 35.5. The first-order chi connectivity index (χ1) is 13.6. The van der Waals surface area contributed by atoms with Crippen LogP contribution < -0.4 is 10.2 Å². The van der Waals surface area contributed by atoms with Gasteiger partial charge in [-0.2, -0.15) is 0 Å². The first kappa shape index (κ1) is 19.2. The molecule has 0 unspecified atom stereocenters. The Labute approximate surface area is 173 Å². The van der Waals surface area contributed by atoms with Crippen molar-refractivity contribution in [3.63, 3.8) is 0 Å². The van der Waals surface area contributed by atoms with Crippen molar-refractivity contribution in [3.05, 3.63) is 53.1 Å². The maximum Gasteiger partial charge on any atom is 0.225 e. The highest BCUT2D eigenvalue weighted by Gasteiger charge is 2.27. The van der Waals surface area contributed by atoms with E-state index in [-0.39, 0.29) is 11.8 Å².